The van der Waals surface area contributed by atoms with Crippen LogP contribution in [0.2, 0.25) is 0 Å². The van der Waals surface area contributed by atoms with Crippen molar-refractivity contribution in [1.82, 2.24) is 9.71 Å². The molecule has 41 heavy (non-hydrogen) atoms. The van der Waals surface area contributed by atoms with Crippen molar-refractivity contribution in [1.29, 1.82) is 5.26 Å². The lowest BCUT2D eigenvalue weighted by Gasteiger charge is -2.22. The van der Waals surface area contributed by atoms with Crippen molar-refractivity contribution < 1.29 is 18.3 Å². The molecule has 3 aromatic carbocycles. The number of ether oxygens (including phenoxy) is 1. The largest absolute Gasteiger partial charge is 0.487 e. The van der Waals surface area contributed by atoms with Gasteiger partial charge in [-0.15, -0.1) is 0 Å². The van der Waals surface area contributed by atoms with Crippen LogP contribution in [0.25, 0.3) is 11.1 Å². The van der Waals surface area contributed by atoms with Crippen molar-refractivity contribution in [3.63, 3.8) is 0 Å². The minimum Gasteiger partial charge on any atom is -0.487 e. The highest BCUT2D eigenvalue weighted by atomic mass is 32.2. The van der Waals surface area contributed by atoms with E-state index in [1.807, 2.05) is 70.2 Å². The molecule has 1 aromatic heterocycles. The Morgan fingerprint density at radius 2 is 1.76 bits per heavy atom. The Kier molecular flexibility index (Phi) is 9.08. The van der Waals surface area contributed by atoms with Gasteiger partial charge in [-0.25, -0.2) is 13.1 Å². The van der Waals surface area contributed by atoms with Gasteiger partial charge >= 0.3 is 0 Å². The van der Waals surface area contributed by atoms with Gasteiger partial charge in [0.15, 0.2) is 0 Å². The van der Waals surface area contributed by atoms with Gasteiger partial charge in [0.2, 0.25) is 10.0 Å². The summed E-state index contributed by atoms with van der Waals surface area (Å²) in [5.74, 6) is 0.578. The van der Waals surface area contributed by atoms with E-state index in [1.165, 1.54) is 0 Å². The fraction of sp³-hybridized carbons (Fsp3) is 0.250. The molecule has 4 aromatic rings. The second-order valence-corrected chi connectivity index (χ2v) is 12.4. The number of aliphatic hydroxyl groups excluding tert-OH is 1. The SMILES string of the molecule is Cc1ncc(CO)c(CNc2cccc(-c3ccccc3S(=O)(=O)NC(C)(C)C)c2)c1OCc1ccc(C#N)cc1. The van der Waals surface area contributed by atoms with Crippen molar-refractivity contribution in [2.24, 2.45) is 0 Å². The van der Waals surface area contributed by atoms with E-state index in [1.54, 1.807) is 36.5 Å². The number of aryl methyl sites for hydroxylation is 1. The second-order valence-electron chi connectivity index (χ2n) is 10.7. The molecule has 0 saturated heterocycles. The number of nitriles is 1. The molecular formula is C32H34N4O4S. The number of nitrogens with zero attached hydrogens (tertiary/aromatic N) is 2. The highest BCUT2D eigenvalue weighted by molar-refractivity contribution is 7.89. The fourth-order valence-corrected chi connectivity index (χ4v) is 6.06. The average Bonchev–Trinajstić information content (AvgIpc) is 2.95. The number of anilines is 1. The molecule has 4 rings (SSSR count). The van der Waals surface area contributed by atoms with E-state index in [2.05, 4.69) is 21.1 Å². The predicted octanol–water partition coefficient (Wildman–Crippen LogP) is 5.69. The number of nitrogens with one attached hydrogen (secondary N) is 2. The smallest absolute Gasteiger partial charge is 0.241 e. The minimum absolute atomic E-state index is 0.205. The van der Waals surface area contributed by atoms with Gasteiger partial charge in [-0.3, -0.25) is 4.98 Å². The summed E-state index contributed by atoms with van der Waals surface area (Å²) in [6, 6.07) is 23.7. The van der Waals surface area contributed by atoms with E-state index in [4.69, 9.17) is 10.00 Å². The zero-order valence-electron chi connectivity index (χ0n) is 23.6. The number of aromatic nitrogens is 1. The molecule has 1 heterocycles. The summed E-state index contributed by atoms with van der Waals surface area (Å²) in [7, 11) is -3.76. The maximum atomic E-state index is 13.2. The minimum atomic E-state index is -3.76. The van der Waals surface area contributed by atoms with Gasteiger partial charge in [-0.2, -0.15) is 5.26 Å². The molecule has 0 amide bonds. The van der Waals surface area contributed by atoms with Gasteiger partial charge in [0.25, 0.3) is 0 Å². The molecule has 3 N–H and O–H groups in total. The third-order valence-electron chi connectivity index (χ3n) is 6.30. The Labute approximate surface area is 241 Å². The van der Waals surface area contributed by atoms with Crippen molar-refractivity contribution >= 4 is 15.7 Å². The van der Waals surface area contributed by atoms with Crippen molar-refractivity contribution in [2.75, 3.05) is 5.32 Å². The van der Waals surface area contributed by atoms with E-state index < -0.39 is 15.6 Å². The molecule has 0 aliphatic heterocycles. The Bertz CT molecular complexity index is 1670. The number of rotatable bonds is 10. The number of hydrogen-bond donors (Lipinski definition) is 3. The molecule has 212 valence electrons. The van der Waals surface area contributed by atoms with Crippen molar-refractivity contribution in [2.45, 2.75) is 57.9 Å². The van der Waals surface area contributed by atoms with Crippen LogP contribution < -0.4 is 14.8 Å². The molecule has 8 nitrogen and oxygen atoms in total. The molecule has 0 unspecified atom stereocenters. The molecule has 0 radical (unpaired) electrons. The lowest BCUT2D eigenvalue weighted by Crippen LogP contribution is -2.40. The topological polar surface area (TPSA) is 124 Å². The summed E-state index contributed by atoms with van der Waals surface area (Å²) < 4.78 is 35.3. The van der Waals surface area contributed by atoms with Crippen molar-refractivity contribution in [3.8, 4) is 22.9 Å². The van der Waals surface area contributed by atoms with Crippen LogP contribution in [0, 0.1) is 18.3 Å². The van der Waals surface area contributed by atoms with Gasteiger partial charge < -0.3 is 15.2 Å². The zero-order chi connectivity index (χ0) is 29.6. The Balaban J connectivity index is 1.59. The standard InChI is InChI=1S/C32H34N4O4S/c1-22-31(40-21-24-14-12-23(17-33)13-15-24)29(26(20-37)18-34-22)19-35-27-9-7-8-25(16-27)28-10-5-6-11-30(28)41(38,39)36-32(2,3)4/h5-16,18,35-37H,19-21H2,1-4H3. The van der Waals surface area contributed by atoms with Crippen molar-refractivity contribution in [3.05, 3.63) is 107 Å². The van der Waals surface area contributed by atoms with Crippen LogP contribution in [0.5, 0.6) is 5.75 Å². The van der Waals surface area contributed by atoms with E-state index in [-0.39, 0.29) is 18.1 Å². The number of benzene rings is 3. The van der Waals surface area contributed by atoms with Crippen LogP contribution >= 0.6 is 0 Å². The maximum Gasteiger partial charge on any atom is 0.241 e. The van der Waals surface area contributed by atoms with Gasteiger partial charge in [-0.05, 0) is 69.2 Å². The summed E-state index contributed by atoms with van der Waals surface area (Å²) >= 11 is 0. The maximum absolute atomic E-state index is 13.2. The summed E-state index contributed by atoms with van der Waals surface area (Å²) in [6.45, 7) is 7.69. The highest BCUT2D eigenvalue weighted by Gasteiger charge is 2.25. The van der Waals surface area contributed by atoms with Gasteiger partial charge in [-0.1, -0.05) is 42.5 Å². The molecule has 0 saturated carbocycles. The van der Waals surface area contributed by atoms with E-state index in [0.717, 1.165) is 22.4 Å². The van der Waals surface area contributed by atoms with Crippen LogP contribution in [0.1, 0.15) is 48.7 Å². The number of aliphatic hydroxyl groups is 1. The van der Waals surface area contributed by atoms with Gasteiger partial charge in [0.05, 0.1) is 28.8 Å². The Hall–Kier alpha value is -4.23. The van der Waals surface area contributed by atoms with Crippen LogP contribution in [0.3, 0.4) is 0 Å². The van der Waals surface area contributed by atoms with Crippen LogP contribution in [-0.4, -0.2) is 24.0 Å². The first kappa shape index (κ1) is 29.7. The number of hydrogen-bond acceptors (Lipinski definition) is 7. The average molecular weight is 571 g/mol. The quantitative estimate of drug-likeness (QED) is 0.224. The number of sulfonamides is 1. The first-order chi connectivity index (χ1) is 19.5. The first-order valence-corrected chi connectivity index (χ1v) is 14.7. The molecule has 0 aliphatic carbocycles. The molecule has 0 atom stereocenters. The molecule has 0 fully saturated rings. The summed E-state index contributed by atoms with van der Waals surface area (Å²) in [5.41, 5.74) is 5.07. The molecule has 0 bridgehead atoms. The first-order valence-electron chi connectivity index (χ1n) is 13.2. The summed E-state index contributed by atoms with van der Waals surface area (Å²) in [5, 5.41) is 22.5. The molecule has 9 heteroatoms. The lowest BCUT2D eigenvalue weighted by molar-refractivity contribution is 0.273. The van der Waals surface area contributed by atoms with Crippen LogP contribution in [0.15, 0.2) is 83.9 Å². The normalized spacial score (nSPS) is 11.6. The summed E-state index contributed by atoms with van der Waals surface area (Å²) in [6.07, 6.45) is 1.64. The second kappa shape index (κ2) is 12.5. The Morgan fingerprint density at radius 3 is 2.44 bits per heavy atom. The van der Waals surface area contributed by atoms with Crippen LogP contribution in [0.4, 0.5) is 5.69 Å². The third-order valence-corrected chi connectivity index (χ3v) is 8.12. The van der Waals surface area contributed by atoms with Crippen LogP contribution in [-0.2, 0) is 29.8 Å². The fourth-order valence-electron chi connectivity index (χ4n) is 4.41. The number of pyridine rings is 1. The predicted molar refractivity (Wildman–Crippen MR) is 160 cm³/mol. The zero-order valence-corrected chi connectivity index (χ0v) is 24.4. The van der Waals surface area contributed by atoms with E-state index >= 15 is 0 Å². The molecule has 0 aliphatic rings. The summed E-state index contributed by atoms with van der Waals surface area (Å²) in [4.78, 5) is 4.60. The monoisotopic (exact) mass is 570 g/mol. The Morgan fingerprint density at radius 1 is 1.02 bits per heavy atom. The third kappa shape index (κ3) is 7.50. The van der Waals surface area contributed by atoms with E-state index in [0.29, 0.717) is 34.7 Å². The molecule has 0 spiro atoms. The highest BCUT2D eigenvalue weighted by Crippen LogP contribution is 2.31. The van der Waals surface area contributed by atoms with Gasteiger partial charge in [0, 0.05) is 40.7 Å². The van der Waals surface area contributed by atoms with E-state index in [9.17, 15) is 13.5 Å². The molecular weight excluding hydrogens is 536 g/mol. The van der Waals surface area contributed by atoms with Gasteiger partial charge in [0.1, 0.15) is 12.4 Å². The lowest BCUT2D eigenvalue weighted by atomic mass is 10.0.